The molecule has 1 aromatic carbocycles. The number of carbonyl (C=O) groups is 1. The van der Waals surface area contributed by atoms with E-state index in [1.807, 2.05) is 62.9 Å². The zero-order chi connectivity index (χ0) is 22.0. The molecule has 6 nitrogen and oxygen atoms in total. The summed E-state index contributed by atoms with van der Waals surface area (Å²) < 4.78 is 16.3. The lowest BCUT2D eigenvalue weighted by Crippen LogP contribution is -2.48. The third-order valence-corrected chi connectivity index (χ3v) is 6.08. The molecule has 3 rings (SSSR count). The van der Waals surface area contributed by atoms with Gasteiger partial charge in [-0.05, 0) is 64.2 Å². The smallest absolute Gasteiger partial charge is 0.338 e. The summed E-state index contributed by atoms with van der Waals surface area (Å²) in [5.74, 6) is 0.831. The molecule has 0 fully saturated rings. The molecule has 0 saturated carbocycles. The van der Waals surface area contributed by atoms with E-state index >= 15 is 0 Å². The number of methoxy groups -OCH3 is 2. The summed E-state index contributed by atoms with van der Waals surface area (Å²) >= 11 is 7.33. The number of esters is 1. The summed E-state index contributed by atoms with van der Waals surface area (Å²) in [6, 6.07) is 9.20. The van der Waals surface area contributed by atoms with Gasteiger partial charge < -0.3 is 19.5 Å². The number of allylic oxidation sites excluding steroid dienone is 1. The third kappa shape index (κ3) is 4.29. The van der Waals surface area contributed by atoms with Crippen molar-refractivity contribution in [3.05, 3.63) is 51.4 Å². The first kappa shape index (κ1) is 22.1. The number of thiophene rings is 1. The third-order valence-electron chi connectivity index (χ3n) is 4.72. The molecular weight excluding hydrogens is 420 g/mol. The number of anilines is 1. The van der Waals surface area contributed by atoms with Crippen molar-refractivity contribution < 1.29 is 19.0 Å². The van der Waals surface area contributed by atoms with Crippen molar-refractivity contribution in [3.63, 3.8) is 0 Å². The van der Waals surface area contributed by atoms with Crippen molar-refractivity contribution in [2.45, 2.75) is 39.8 Å². The summed E-state index contributed by atoms with van der Waals surface area (Å²) in [5.41, 5.74) is 2.01. The molecule has 1 aliphatic rings. The van der Waals surface area contributed by atoms with Crippen molar-refractivity contribution in [1.82, 2.24) is 5.32 Å². The van der Waals surface area contributed by atoms with E-state index in [2.05, 4.69) is 5.32 Å². The Balaban J connectivity index is 2.13. The summed E-state index contributed by atoms with van der Waals surface area (Å²) in [4.78, 5) is 17.1. The van der Waals surface area contributed by atoms with Crippen LogP contribution in [0.15, 0.2) is 41.6 Å². The lowest BCUT2D eigenvalue weighted by molar-refractivity contribution is -0.143. The monoisotopic (exact) mass is 446 g/mol. The Bertz CT molecular complexity index is 997. The van der Waals surface area contributed by atoms with E-state index < -0.39 is 0 Å². The molecule has 1 unspecified atom stereocenters. The average Bonchev–Trinajstić information content (AvgIpc) is 3.12. The van der Waals surface area contributed by atoms with Crippen LogP contribution in [0.1, 0.15) is 36.6 Å². The largest absolute Gasteiger partial charge is 0.493 e. The molecule has 1 aromatic heterocycles. The normalized spacial score (nSPS) is 16.6. The van der Waals surface area contributed by atoms with Crippen molar-refractivity contribution in [1.29, 1.82) is 0 Å². The van der Waals surface area contributed by atoms with Crippen LogP contribution in [-0.4, -0.2) is 31.4 Å². The van der Waals surface area contributed by atoms with E-state index in [4.69, 9.17) is 26.4 Å². The van der Waals surface area contributed by atoms with Crippen molar-refractivity contribution in [2.75, 3.05) is 19.1 Å². The predicted molar refractivity (Wildman–Crippen MR) is 123 cm³/mol. The Morgan fingerprint density at radius 2 is 1.83 bits per heavy atom. The van der Waals surface area contributed by atoms with Crippen LogP contribution in [-0.2, 0) is 9.53 Å². The molecule has 2 aromatic rings. The average molecular weight is 447 g/mol. The van der Waals surface area contributed by atoms with Gasteiger partial charge in [0, 0.05) is 21.5 Å². The predicted octanol–water partition coefficient (Wildman–Crippen LogP) is 4.74. The fourth-order valence-electron chi connectivity index (χ4n) is 3.38. The van der Waals surface area contributed by atoms with E-state index in [9.17, 15) is 4.79 Å². The zero-order valence-corrected chi connectivity index (χ0v) is 19.6. The minimum Gasteiger partial charge on any atom is -0.493 e. The fraction of sp³-hybridized carbons (Fsp3) is 0.364. The van der Waals surface area contributed by atoms with Crippen molar-refractivity contribution in [3.8, 4) is 11.5 Å². The molecular formula is C22H26N2O4S2. The molecule has 1 aliphatic heterocycles. The number of benzene rings is 1. The highest BCUT2D eigenvalue weighted by Gasteiger charge is 2.36. The van der Waals surface area contributed by atoms with Crippen LogP contribution in [0.5, 0.6) is 11.5 Å². The van der Waals surface area contributed by atoms with E-state index in [0.29, 0.717) is 27.9 Å². The molecule has 0 spiro atoms. The standard InChI is InChI=1S/C22H26N2O4S2/c1-12(2)28-21(25)19-14(4)24(15-8-9-16(26-5)17(11-15)27-6)22(29)23-20(19)18-10-7-13(3)30-18/h7-12,20H,1-6H3,(H,23,29). The molecule has 0 bridgehead atoms. The second-order valence-corrected chi connectivity index (χ2v) is 8.86. The van der Waals surface area contributed by atoms with Crippen LogP contribution in [0.25, 0.3) is 0 Å². The summed E-state index contributed by atoms with van der Waals surface area (Å²) in [6.45, 7) is 7.60. The number of thiocarbonyl (C=S) groups is 1. The minimum absolute atomic E-state index is 0.230. The van der Waals surface area contributed by atoms with E-state index in [0.717, 1.165) is 15.4 Å². The summed E-state index contributed by atoms with van der Waals surface area (Å²) in [7, 11) is 3.17. The maximum atomic E-state index is 13.1. The molecule has 0 aliphatic carbocycles. The van der Waals surface area contributed by atoms with Gasteiger partial charge in [-0.2, -0.15) is 0 Å². The second kappa shape index (κ2) is 9.06. The van der Waals surface area contributed by atoms with Crippen molar-refractivity contribution >= 4 is 40.3 Å². The first-order chi connectivity index (χ1) is 14.3. The molecule has 0 radical (unpaired) electrons. The second-order valence-electron chi connectivity index (χ2n) is 7.16. The zero-order valence-electron chi connectivity index (χ0n) is 17.9. The molecule has 160 valence electrons. The highest BCUT2D eigenvalue weighted by atomic mass is 32.1. The maximum absolute atomic E-state index is 13.1. The first-order valence-electron chi connectivity index (χ1n) is 9.57. The minimum atomic E-state index is -0.362. The summed E-state index contributed by atoms with van der Waals surface area (Å²) in [5, 5.41) is 3.83. The SMILES string of the molecule is COc1ccc(N2C(=S)NC(c3ccc(C)s3)C(C(=O)OC(C)C)=C2C)cc1OC. The molecule has 8 heteroatoms. The van der Waals surface area contributed by atoms with Gasteiger partial charge in [0.1, 0.15) is 0 Å². The quantitative estimate of drug-likeness (QED) is 0.508. The number of nitrogens with one attached hydrogen (secondary N) is 1. The van der Waals surface area contributed by atoms with E-state index in [1.54, 1.807) is 25.6 Å². The van der Waals surface area contributed by atoms with Gasteiger partial charge in [-0.25, -0.2) is 4.79 Å². The number of hydrogen-bond acceptors (Lipinski definition) is 6. The fourth-order valence-corrected chi connectivity index (χ4v) is 4.68. The Morgan fingerprint density at radius 3 is 2.40 bits per heavy atom. The van der Waals surface area contributed by atoms with Gasteiger partial charge in [-0.1, -0.05) is 0 Å². The Hall–Kier alpha value is -2.58. The van der Waals surface area contributed by atoms with Crippen LogP contribution in [0.2, 0.25) is 0 Å². The van der Waals surface area contributed by atoms with Gasteiger partial charge in [0.25, 0.3) is 0 Å². The number of hydrogen-bond donors (Lipinski definition) is 1. The van der Waals surface area contributed by atoms with Gasteiger partial charge in [-0.15, -0.1) is 11.3 Å². The van der Waals surface area contributed by atoms with Crippen LogP contribution < -0.4 is 19.7 Å². The lowest BCUT2D eigenvalue weighted by atomic mass is 10.00. The maximum Gasteiger partial charge on any atom is 0.338 e. The number of aryl methyl sites for hydroxylation is 1. The molecule has 30 heavy (non-hydrogen) atoms. The van der Waals surface area contributed by atoms with Crippen LogP contribution in [0, 0.1) is 6.92 Å². The molecule has 0 saturated heterocycles. The lowest BCUT2D eigenvalue weighted by Gasteiger charge is -2.37. The Morgan fingerprint density at radius 1 is 1.13 bits per heavy atom. The molecule has 1 N–H and O–H groups in total. The molecule has 2 heterocycles. The summed E-state index contributed by atoms with van der Waals surface area (Å²) in [6.07, 6.45) is -0.230. The highest BCUT2D eigenvalue weighted by Crippen LogP contribution is 2.39. The number of ether oxygens (including phenoxy) is 3. The van der Waals surface area contributed by atoms with Gasteiger partial charge in [0.15, 0.2) is 16.6 Å². The molecule has 1 atom stereocenters. The molecule has 0 amide bonds. The number of carbonyl (C=O) groups excluding carboxylic acids is 1. The van der Waals surface area contributed by atoms with Gasteiger partial charge in [-0.3, -0.25) is 4.90 Å². The van der Waals surface area contributed by atoms with Crippen LogP contribution >= 0.6 is 23.6 Å². The van der Waals surface area contributed by atoms with Gasteiger partial charge in [0.2, 0.25) is 0 Å². The number of nitrogens with zero attached hydrogens (tertiary/aromatic N) is 1. The van der Waals surface area contributed by atoms with E-state index in [1.165, 1.54) is 0 Å². The highest BCUT2D eigenvalue weighted by molar-refractivity contribution is 7.80. The Kier molecular flexibility index (Phi) is 6.67. The Labute approximate surface area is 186 Å². The van der Waals surface area contributed by atoms with E-state index in [-0.39, 0.29) is 18.1 Å². The van der Waals surface area contributed by atoms with Gasteiger partial charge >= 0.3 is 5.97 Å². The van der Waals surface area contributed by atoms with Crippen LogP contribution in [0.4, 0.5) is 5.69 Å². The first-order valence-corrected chi connectivity index (χ1v) is 10.8. The van der Waals surface area contributed by atoms with Crippen molar-refractivity contribution in [2.24, 2.45) is 0 Å². The topological polar surface area (TPSA) is 60.0 Å². The number of rotatable bonds is 6. The van der Waals surface area contributed by atoms with Gasteiger partial charge in [0.05, 0.1) is 37.6 Å². The van der Waals surface area contributed by atoms with Crippen LogP contribution in [0.3, 0.4) is 0 Å².